The molecule has 3 fully saturated rings. The maximum absolute atomic E-state index is 12.2. The number of thiocarbonyl (C=S) groups is 1. The van der Waals surface area contributed by atoms with Crippen LogP contribution < -0.4 is 10.6 Å². The maximum Gasteiger partial charge on any atom is 0.333 e. The number of carbonyl (C=O) groups excluding carboxylic acids is 3. The van der Waals surface area contributed by atoms with Gasteiger partial charge < -0.3 is 15.5 Å². The minimum atomic E-state index is -3.20. The number of nitrogens with zero attached hydrogens (tertiary/aromatic N) is 1. The van der Waals surface area contributed by atoms with E-state index < -0.39 is 32.9 Å². The van der Waals surface area contributed by atoms with Crippen LogP contribution in [0.4, 0.5) is 0 Å². The number of imide groups is 1. The number of carbonyl (C=O) groups is 3. The number of hydroxylamine groups is 2. The van der Waals surface area contributed by atoms with E-state index in [-0.39, 0.29) is 37.1 Å². The van der Waals surface area contributed by atoms with Gasteiger partial charge in [-0.3, -0.25) is 9.59 Å². The number of sulfone groups is 1. The molecule has 3 rings (SSSR count). The zero-order valence-electron chi connectivity index (χ0n) is 13.4. The first-order valence-electron chi connectivity index (χ1n) is 8.13. The van der Waals surface area contributed by atoms with Crippen molar-refractivity contribution in [1.82, 2.24) is 15.7 Å². The quantitative estimate of drug-likeness (QED) is 0.340. The first-order valence-corrected chi connectivity index (χ1v) is 10.3. The molecule has 138 valence electrons. The lowest BCUT2D eigenvalue weighted by atomic mass is 10.0. The van der Waals surface area contributed by atoms with Crippen LogP contribution in [0.15, 0.2) is 0 Å². The Balaban J connectivity index is 1.43. The molecule has 3 aliphatic rings. The Morgan fingerprint density at radius 2 is 1.88 bits per heavy atom. The molecule has 2 N–H and O–H groups in total. The van der Waals surface area contributed by atoms with Gasteiger partial charge >= 0.3 is 5.97 Å². The fraction of sp³-hybridized carbons (Fsp3) is 0.714. The summed E-state index contributed by atoms with van der Waals surface area (Å²) in [6.07, 6.45) is 1.46. The monoisotopic (exact) mass is 389 g/mol. The van der Waals surface area contributed by atoms with E-state index in [2.05, 4.69) is 10.6 Å². The van der Waals surface area contributed by atoms with Crippen molar-refractivity contribution in [3.05, 3.63) is 0 Å². The molecule has 0 spiro atoms. The topological polar surface area (TPSA) is 122 Å². The van der Waals surface area contributed by atoms with Gasteiger partial charge in [-0.15, -0.1) is 5.06 Å². The van der Waals surface area contributed by atoms with E-state index in [1.807, 2.05) is 0 Å². The molecule has 9 nitrogen and oxygen atoms in total. The molecule has 2 unspecified atom stereocenters. The lowest BCUT2D eigenvalue weighted by Crippen LogP contribution is -2.39. The van der Waals surface area contributed by atoms with Crippen LogP contribution in [0.25, 0.3) is 0 Å². The summed E-state index contributed by atoms with van der Waals surface area (Å²) in [6, 6.07) is -0.427. The third kappa shape index (κ3) is 3.76. The second kappa shape index (κ2) is 6.87. The average molecular weight is 389 g/mol. The van der Waals surface area contributed by atoms with E-state index in [1.165, 1.54) is 0 Å². The zero-order chi connectivity index (χ0) is 18.2. The Hall–Kier alpha value is -1.75. The minimum absolute atomic E-state index is 0.0159. The van der Waals surface area contributed by atoms with Crippen molar-refractivity contribution in [3.8, 4) is 0 Å². The van der Waals surface area contributed by atoms with Crippen molar-refractivity contribution < 1.29 is 27.6 Å². The molecule has 0 radical (unpaired) electrons. The minimum Gasteiger partial charge on any atom is -0.357 e. The van der Waals surface area contributed by atoms with Crippen molar-refractivity contribution >= 4 is 45.0 Å². The molecule has 2 amide bonds. The Kier molecular flexibility index (Phi) is 4.96. The van der Waals surface area contributed by atoms with Gasteiger partial charge in [0.2, 0.25) is 0 Å². The first-order chi connectivity index (χ1) is 11.8. The number of fused-ring (bicyclic) bond motifs is 1. The van der Waals surface area contributed by atoms with Gasteiger partial charge in [-0.1, -0.05) is 6.42 Å². The number of nitrogens with one attached hydrogen (secondary N) is 2. The molecule has 3 aliphatic heterocycles. The largest absolute Gasteiger partial charge is 0.357 e. The van der Waals surface area contributed by atoms with E-state index >= 15 is 0 Å². The zero-order valence-corrected chi connectivity index (χ0v) is 15.0. The summed E-state index contributed by atoms with van der Waals surface area (Å²) in [5.41, 5.74) is 0. The van der Waals surface area contributed by atoms with Gasteiger partial charge in [-0.2, -0.15) is 0 Å². The smallest absolute Gasteiger partial charge is 0.333 e. The van der Waals surface area contributed by atoms with Gasteiger partial charge in [0.1, 0.15) is 0 Å². The lowest BCUT2D eigenvalue weighted by molar-refractivity contribution is -0.197. The van der Waals surface area contributed by atoms with E-state index in [9.17, 15) is 22.8 Å². The van der Waals surface area contributed by atoms with Crippen LogP contribution in [0.2, 0.25) is 0 Å². The molecule has 11 heteroatoms. The normalized spacial score (nSPS) is 30.2. The molecule has 0 aromatic carbocycles. The van der Waals surface area contributed by atoms with Crippen LogP contribution in [0.1, 0.15) is 38.5 Å². The Labute approximate surface area is 150 Å². The molecule has 0 aliphatic carbocycles. The molecule has 3 heterocycles. The Morgan fingerprint density at radius 1 is 1.20 bits per heavy atom. The molecule has 0 saturated carbocycles. The van der Waals surface area contributed by atoms with E-state index in [0.717, 1.165) is 0 Å². The summed E-state index contributed by atoms with van der Waals surface area (Å²) in [7, 11) is -3.20. The molecular formula is C14H19N3O6S2. The van der Waals surface area contributed by atoms with Crippen LogP contribution in [0, 0.1) is 0 Å². The Morgan fingerprint density at radius 3 is 2.56 bits per heavy atom. The fourth-order valence-electron chi connectivity index (χ4n) is 3.43. The van der Waals surface area contributed by atoms with E-state index in [4.69, 9.17) is 17.1 Å². The second-order valence-corrected chi connectivity index (χ2v) is 9.08. The van der Waals surface area contributed by atoms with E-state index in [1.54, 1.807) is 0 Å². The molecule has 0 bridgehead atoms. The molecule has 0 aromatic rings. The van der Waals surface area contributed by atoms with Crippen LogP contribution in [-0.2, 0) is 29.1 Å². The summed E-state index contributed by atoms with van der Waals surface area (Å²) in [4.78, 5) is 39.2. The molecule has 25 heavy (non-hydrogen) atoms. The second-order valence-electron chi connectivity index (χ2n) is 6.41. The average Bonchev–Trinajstić information content (AvgIpc) is 3.09. The SMILES string of the molecule is O=C(CCCC[C@H]1C2NC(=S)NC2CS1(=O)=O)ON1C(=O)CCC1=O. The lowest BCUT2D eigenvalue weighted by Gasteiger charge is -2.17. The summed E-state index contributed by atoms with van der Waals surface area (Å²) in [5, 5.41) is 6.40. The molecule has 3 saturated heterocycles. The molecular weight excluding hydrogens is 370 g/mol. The van der Waals surface area contributed by atoms with Crippen LogP contribution in [0.3, 0.4) is 0 Å². The van der Waals surface area contributed by atoms with Crippen molar-refractivity contribution in [2.24, 2.45) is 0 Å². The highest BCUT2D eigenvalue weighted by atomic mass is 32.2. The van der Waals surface area contributed by atoms with Crippen molar-refractivity contribution in [3.63, 3.8) is 0 Å². The summed E-state index contributed by atoms with van der Waals surface area (Å²) in [5.74, 6) is -1.65. The van der Waals surface area contributed by atoms with Crippen molar-refractivity contribution in [1.29, 1.82) is 0 Å². The predicted molar refractivity (Wildman–Crippen MR) is 89.7 cm³/mol. The number of hydrogen-bond acceptors (Lipinski definition) is 7. The highest BCUT2D eigenvalue weighted by molar-refractivity contribution is 7.92. The number of amides is 2. The fourth-order valence-corrected chi connectivity index (χ4v) is 5.98. The summed E-state index contributed by atoms with van der Waals surface area (Å²) in [6.45, 7) is 0. The van der Waals surface area contributed by atoms with Gasteiger partial charge in [-0.05, 0) is 25.1 Å². The highest BCUT2D eigenvalue weighted by Crippen LogP contribution is 2.28. The van der Waals surface area contributed by atoms with Crippen LogP contribution in [-0.4, -0.2) is 59.5 Å². The van der Waals surface area contributed by atoms with Gasteiger partial charge in [0.25, 0.3) is 11.8 Å². The van der Waals surface area contributed by atoms with Crippen molar-refractivity contribution in [2.45, 2.75) is 55.9 Å². The maximum atomic E-state index is 12.2. The van der Waals surface area contributed by atoms with Gasteiger partial charge in [0, 0.05) is 19.3 Å². The van der Waals surface area contributed by atoms with Crippen LogP contribution in [0.5, 0.6) is 0 Å². The number of rotatable bonds is 6. The first kappa shape index (κ1) is 18.1. The van der Waals surface area contributed by atoms with Crippen LogP contribution >= 0.6 is 12.2 Å². The number of unbranched alkanes of at least 4 members (excludes halogenated alkanes) is 1. The standard InChI is InChI=1S/C14H19N3O6S2/c18-10-5-6-11(19)17(10)23-12(20)4-2-1-3-9-13-8(7-25(9,21)22)15-14(24)16-13/h8-9,13H,1-7H2,(H2,15,16,24)/t8?,9-,13?/m0/s1. The van der Waals surface area contributed by atoms with E-state index in [0.29, 0.717) is 29.4 Å². The molecule has 3 atom stereocenters. The Bertz CT molecular complexity index is 706. The predicted octanol–water partition coefficient (Wildman–Crippen LogP) is -0.834. The van der Waals surface area contributed by atoms with Crippen molar-refractivity contribution in [2.75, 3.05) is 5.75 Å². The number of hydrogen-bond donors (Lipinski definition) is 2. The molecule has 0 aromatic heterocycles. The summed E-state index contributed by atoms with van der Waals surface area (Å²) >= 11 is 5.02. The van der Waals surface area contributed by atoms with Gasteiger partial charge in [-0.25, -0.2) is 13.2 Å². The third-order valence-electron chi connectivity index (χ3n) is 4.64. The highest BCUT2D eigenvalue weighted by Gasteiger charge is 2.50. The van der Waals surface area contributed by atoms with Gasteiger partial charge in [0.15, 0.2) is 14.9 Å². The van der Waals surface area contributed by atoms with Gasteiger partial charge in [0.05, 0.1) is 23.1 Å². The summed E-state index contributed by atoms with van der Waals surface area (Å²) < 4.78 is 24.4. The third-order valence-corrected chi connectivity index (χ3v) is 7.15.